The van der Waals surface area contributed by atoms with Crippen molar-refractivity contribution < 1.29 is 19.6 Å². The number of nitrogens with one attached hydrogen (secondary N) is 1. The first-order valence-corrected chi connectivity index (χ1v) is 7.14. The lowest BCUT2D eigenvalue weighted by molar-refractivity contribution is -0.384. The minimum absolute atomic E-state index is 0.0835. The lowest BCUT2D eigenvalue weighted by atomic mass is 10.1. The third-order valence-electron chi connectivity index (χ3n) is 2.42. The van der Waals surface area contributed by atoms with Crippen LogP contribution in [0.3, 0.4) is 0 Å². The third-order valence-corrected chi connectivity index (χ3v) is 5.00. The highest BCUT2D eigenvalue weighted by molar-refractivity contribution is 9.12. The molecule has 20 heavy (non-hydrogen) atoms. The number of rotatable bonds is 5. The number of nitro benzene ring substituents is 1. The topological polar surface area (TPSA) is 110 Å². The van der Waals surface area contributed by atoms with Crippen molar-refractivity contribution >= 4 is 55.1 Å². The Labute approximate surface area is 130 Å². The lowest BCUT2D eigenvalue weighted by Crippen LogP contribution is -2.34. The largest absolute Gasteiger partial charge is 0.480 e. The van der Waals surface area contributed by atoms with E-state index in [-0.39, 0.29) is 5.69 Å². The van der Waals surface area contributed by atoms with E-state index in [0.29, 0.717) is 11.3 Å². The van der Waals surface area contributed by atoms with Crippen LogP contribution in [0.25, 0.3) is 0 Å². The van der Waals surface area contributed by atoms with Crippen LogP contribution in [0.2, 0.25) is 0 Å². The molecule has 7 nitrogen and oxygen atoms in total. The Hall–Kier alpha value is -1.48. The number of nitro groups is 1. The van der Waals surface area contributed by atoms with Gasteiger partial charge in [0, 0.05) is 17.8 Å². The summed E-state index contributed by atoms with van der Waals surface area (Å²) >= 11 is 5.86. The van der Waals surface area contributed by atoms with Crippen LogP contribution in [0.5, 0.6) is 0 Å². The van der Waals surface area contributed by atoms with Gasteiger partial charge >= 0.3 is 5.97 Å². The van der Waals surface area contributed by atoms with Crippen molar-refractivity contribution in [3.8, 4) is 0 Å². The van der Waals surface area contributed by atoms with Gasteiger partial charge in [-0.2, -0.15) is 0 Å². The van der Waals surface area contributed by atoms with E-state index in [1.54, 1.807) is 6.92 Å². The standard InChI is InChI=1S/C11H10Br2N2O5/c1-5-4-6(15(19)20)2-3-7(5)14-10(16)8(12)9(13)11(17)18/h2-4,8-9H,1H3,(H,14,16)(H,17,18). The normalized spacial score (nSPS) is 13.3. The van der Waals surface area contributed by atoms with Gasteiger partial charge < -0.3 is 10.4 Å². The highest BCUT2D eigenvalue weighted by Crippen LogP contribution is 2.23. The summed E-state index contributed by atoms with van der Waals surface area (Å²) < 4.78 is 0. The number of aryl methyl sites for hydroxylation is 1. The summed E-state index contributed by atoms with van der Waals surface area (Å²) in [5, 5.41) is 21.9. The molecule has 0 fully saturated rings. The Morgan fingerprint density at radius 2 is 1.95 bits per heavy atom. The number of halogens is 2. The summed E-state index contributed by atoms with van der Waals surface area (Å²) in [6.07, 6.45) is 0. The third kappa shape index (κ3) is 4.01. The molecule has 0 aliphatic rings. The highest BCUT2D eigenvalue weighted by atomic mass is 79.9. The number of benzene rings is 1. The number of alkyl halides is 2. The van der Waals surface area contributed by atoms with Crippen LogP contribution in [-0.2, 0) is 9.59 Å². The second-order valence-corrected chi connectivity index (χ2v) is 5.86. The Balaban J connectivity index is 2.86. The molecule has 2 unspecified atom stereocenters. The summed E-state index contributed by atoms with van der Waals surface area (Å²) in [6.45, 7) is 1.61. The molecule has 108 valence electrons. The maximum absolute atomic E-state index is 11.8. The summed E-state index contributed by atoms with van der Waals surface area (Å²) in [7, 11) is 0. The van der Waals surface area contributed by atoms with E-state index in [9.17, 15) is 19.7 Å². The van der Waals surface area contributed by atoms with Crippen LogP contribution in [0.4, 0.5) is 11.4 Å². The monoisotopic (exact) mass is 408 g/mol. The predicted molar refractivity (Wildman–Crippen MR) is 79.5 cm³/mol. The molecule has 2 N–H and O–H groups in total. The van der Waals surface area contributed by atoms with Gasteiger partial charge in [0.05, 0.1) is 4.92 Å². The van der Waals surface area contributed by atoms with Gasteiger partial charge in [-0.1, -0.05) is 31.9 Å². The van der Waals surface area contributed by atoms with Gasteiger partial charge in [0.15, 0.2) is 0 Å². The first-order chi connectivity index (χ1) is 9.23. The Bertz CT molecular complexity index is 564. The number of carbonyl (C=O) groups excluding carboxylic acids is 1. The molecule has 0 spiro atoms. The van der Waals surface area contributed by atoms with Crippen molar-refractivity contribution in [1.82, 2.24) is 0 Å². The molecule has 1 rings (SSSR count). The Kier molecular flexibility index (Phi) is 5.63. The maximum atomic E-state index is 11.8. The van der Waals surface area contributed by atoms with Gasteiger partial charge in [0.1, 0.15) is 9.65 Å². The number of aliphatic carboxylic acids is 1. The number of hydrogen-bond acceptors (Lipinski definition) is 4. The first kappa shape index (κ1) is 16.6. The van der Waals surface area contributed by atoms with E-state index in [1.165, 1.54) is 18.2 Å². The number of anilines is 1. The fourth-order valence-corrected chi connectivity index (χ4v) is 1.94. The summed E-state index contributed by atoms with van der Waals surface area (Å²) in [5.74, 6) is -1.74. The van der Waals surface area contributed by atoms with Crippen molar-refractivity contribution in [2.24, 2.45) is 0 Å². The van der Waals surface area contributed by atoms with E-state index >= 15 is 0 Å². The van der Waals surface area contributed by atoms with E-state index in [1.807, 2.05) is 0 Å². The number of non-ortho nitro benzene ring substituents is 1. The van der Waals surface area contributed by atoms with E-state index in [0.717, 1.165) is 0 Å². The number of carboxylic acids is 1. The summed E-state index contributed by atoms with van der Waals surface area (Å²) in [5.41, 5.74) is 0.809. The van der Waals surface area contributed by atoms with Crippen LogP contribution in [-0.4, -0.2) is 31.6 Å². The molecule has 9 heteroatoms. The molecule has 1 aromatic rings. The van der Waals surface area contributed by atoms with Gasteiger partial charge in [0.25, 0.3) is 5.69 Å². The number of carbonyl (C=O) groups is 2. The molecule has 0 radical (unpaired) electrons. The molecule has 0 bridgehead atoms. The van der Waals surface area contributed by atoms with Gasteiger partial charge in [0.2, 0.25) is 5.91 Å². The lowest BCUT2D eigenvalue weighted by Gasteiger charge is -2.14. The number of carboxylic acid groups (broad SMARTS) is 1. The second kappa shape index (κ2) is 6.80. The van der Waals surface area contributed by atoms with Gasteiger partial charge in [-0.05, 0) is 18.6 Å². The fraction of sp³-hybridized carbons (Fsp3) is 0.273. The van der Waals surface area contributed by atoms with Crippen LogP contribution in [0.15, 0.2) is 18.2 Å². The van der Waals surface area contributed by atoms with Crippen LogP contribution < -0.4 is 5.32 Å². The molecule has 0 aliphatic heterocycles. The first-order valence-electron chi connectivity index (χ1n) is 5.31. The van der Waals surface area contributed by atoms with Crippen molar-refractivity contribution in [3.63, 3.8) is 0 Å². The molecular formula is C11H10Br2N2O5. The average Bonchev–Trinajstić information content (AvgIpc) is 2.38. The smallest absolute Gasteiger partial charge is 0.318 e. The van der Waals surface area contributed by atoms with Crippen molar-refractivity contribution in [3.05, 3.63) is 33.9 Å². The molecular weight excluding hydrogens is 400 g/mol. The molecule has 0 aliphatic carbocycles. The zero-order chi connectivity index (χ0) is 15.4. The highest BCUT2D eigenvalue weighted by Gasteiger charge is 2.29. The van der Waals surface area contributed by atoms with E-state index in [4.69, 9.17) is 5.11 Å². The van der Waals surface area contributed by atoms with Crippen LogP contribution >= 0.6 is 31.9 Å². The summed E-state index contributed by atoms with van der Waals surface area (Å²) in [6, 6.07) is 3.98. The van der Waals surface area contributed by atoms with Crippen LogP contribution in [0, 0.1) is 17.0 Å². The van der Waals surface area contributed by atoms with E-state index < -0.39 is 26.5 Å². The molecule has 1 amide bonds. The van der Waals surface area contributed by atoms with Gasteiger partial charge in [-0.15, -0.1) is 0 Å². The Morgan fingerprint density at radius 3 is 2.40 bits per heavy atom. The van der Waals surface area contributed by atoms with Gasteiger partial charge in [-0.3, -0.25) is 19.7 Å². The molecule has 0 saturated carbocycles. The van der Waals surface area contributed by atoms with Crippen molar-refractivity contribution in [2.45, 2.75) is 16.6 Å². The number of amides is 1. The average molecular weight is 410 g/mol. The molecule has 0 saturated heterocycles. The molecule has 0 heterocycles. The minimum Gasteiger partial charge on any atom is -0.480 e. The molecule has 2 atom stereocenters. The summed E-state index contributed by atoms with van der Waals surface area (Å²) in [4.78, 5) is 30.6. The zero-order valence-corrected chi connectivity index (χ0v) is 13.3. The quantitative estimate of drug-likeness (QED) is 0.441. The maximum Gasteiger partial charge on any atom is 0.318 e. The number of nitrogens with zero attached hydrogens (tertiary/aromatic N) is 1. The van der Waals surface area contributed by atoms with Crippen molar-refractivity contribution in [1.29, 1.82) is 0 Å². The minimum atomic E-state index is -1.18. The van der Waals surface area contributed by atoms with Gasteiger partial charge in [-0.25, -0.2) is 0 Å². The molecule has 1 aromatic carbocycles. The SMILES string of the molecule is Cc1cc([N+](=O)[O-])ccc1NC(=O)C(Br)C(Br)C(=O)O. The van der Waals surface area contributed by atoms with Crippen LogP contribution in [0.1, 0.15) is 5.56 Å². The van der Waals surface area contributed by atoms with E-state index in [2.05, 4.69) is 37.2 Å². The second-order valence-electron chi connectivity index (χ2n) is 3.89. The predicted octanol–water partition coefficient (Wildman–Crippen LogP) is 2.45. The molecule has 0 aromatic heterocycles. The van der Waals surface area contributed by atoms with Crippen molar-refractivity contribution in [2.75, 3.05) is 5.32 Å². The zero-order valence-electron chi connectivity index (χ0n) is 10.2. The number of hydrogen-bond donors (Lipinski definition) is 2. The Morgan fingerprint density at radius 1 is 1.35 bits per heavy atom. The fourth-order valence-electron chi connectivity index (χ4n) is 1.36.